The zero-order chi connectivity index (χ0) is 10.4. The van der Waals surface area contributed by atoms with Gasteiger partial charge in [0, 0.05) is 6.42 Å². The number of nitrogens with two attached hydrogens (primary N) is 1. The van der Waals surface area contributed by atoms with Gasteiger partial charge in [0.15, 0.2) is 11.6 Å². The summed E-state index contributed by atoms with van der Waals surface area (Å²) in [6.07, 6.45) is 7.22. The Bertz CT molecular complexity index is 273. The van der Waals surface area contributed by atoms with Crippen LogP contribution >= 0.6 is 15.9 Å². The third-order valence-electron chi connectivity index (χ3n) is 2.23. The molecule has 4 heteroatoms. The number of halogens is 1. The second-order valence-electron chi connectivity index (χ2n) is 3.47. The van der Waals surface area contributed by atoms with Gasteiger partial charge in [-0.1, -0.05) is 37.8 Å². The predicted octanol–water partition coefficient (Wildman–Crippen LogP) is 3.53. The summed E-state index contributed by atoms with van der Waals surface area (Å²) < 4.78 is 5.91. The summed E-state index contributed by atoms with van der Waals surface area (Å²) in [7, 11) is 0. The number of nitrogen functional groups attached to an aromatic ring is 1. The van der Waals surface area contributed by atoms with E-state index in [1.165, 1.54) is 25.7 Å². The number of rotatable bonds is 6. The molecule has 3 nitrogen and oxygen atoms in total. The number of hydrogen-bond donors (Lipinski definition) is 1. The van der Waals surface area contributed by atoms with Crippen LogP contribution in [0.15, 0.2) is 9.00 Å². The van der Waals surface area contributed by atoms with Gasteiger partial charge in [0.2, 0.25) is 0 Å². The molecule has 1 aromatic heterocycles. The topological polar surface area (TPSA) is 52.0 Å². The Kier molecular flexibility index (Phi) is 5.01. The fourth-order valence-corrected chi connectivity index (χ4v) is 1.71. The summed E-state index contributed by atoms with van der Waals surface area (Å²) in [5, 5.41) is 3.69. The molecule has 0 bridgehead atoms. The first kappa shape index (κ1) is 11.6. The van der Waals surface area contributed by atoms with Crippen molar-refractivity contribution in [2.75, 3.05) is 5.73 Å². The molecule has 1 aromatic rings. The summed E-state index contributed by atoms with van der Waals surface area (Å²) >= 11 is 3.35. The Balaban J connectivity index is 2.21. The molecule has 1 heterocycles. The second kappa shape index (κ2) is 6.06. The first-order valence-corrected chi connectivity index (χ1v) is 5.94. The normalized spacial score (nSPS) is 10.7. The smallest absolute Gasteiger partial charge is 0.181 e. The average molecular weight is 261 g/mol. The Morgan fingerprint density at radius 1 is 1.29 bits per heavy atom. The second-order valence-corrected chi connectivity index (χ2v) is 4.26. The van der Waals surface area contributed by atoms with Crippen LogP contribution in [0, 0.1) is 0 Å². The van der Waals surface area contributed by atoms with Gasteiger partial charge in [-0.05, 0) is 22.4 Å². The van der Waals surface area contributed by atoms with E-state index in [0.717, 1.165) is 23.1 Å². The standard InChI is InChI=1S/C10H17BrN2O/c1-2-3-4-5-6-7-8-9(11)10(12)13-14-8/h2-7H2,1H3,(H2,12,13). The number of nitrogens with zero attached hydrogens (tertiary/aromatic N) is 1. The highest BCUT2D eigenvalue weighted by Crippen LogP contribution is 2.24. The molecule has 80 valence electrons. The van der Waals surface area contributed by atoms with E-state index in [9.17, 15) is 0 Å². The maximum Gasteiger partial charge on any atom is 0.181 e. The maximum absolute atomic E-state index is 5.54. The van der Waals surface area contributed by atoms with Crippen LogP contribution in [0.1, 0.15) is 44.8 Å². The number of aryl methyl sites for hydroxylation is 1. The van der Waals surface area contributed by atoms with Crippen LogP contribution in [0.4, 0.5) is 5.82 Å². The summed E-state index contributed by atoms with van der Waals surface area (Å²) in [5.74, 6) is 1.33. The monoisotopic (exact) mass is 260 g/mol. The van der Waals surface area contributed by atoms with E-state index in [2.05, 4.69) is 28.0 Å². The number of hydrogen-bond acceptors (Lipinski definition) is 3. The third-order valence-corrected chi connectivity index (χ3v) is 3.08. The average Bonchev–Trinajstić information content (AvgIpc) is 2.49. The van der Waals surface area contributed by atoms with E-state index in [-0.39, 0.29) is 0 Å². The zero-order valence-electron chi connectivity index (χ0n) is 8.55. The first-order chi connectivity index (χ1) is 6.75. The predicted molar refractivity (Wildman–Crippen MR) is 61.1 cm³/mol. The zero-order valence-corrected chi connectivity index (χ0v) is 10.1. The number of aromatic nitrogens is 1. The summed E-state index contributed by atoms with van der Waals surface area (Å²) in [6, 6.07) is 0. The minimum Gasteiger partial charge on any atom is -0.380 e. The summed E-state index contributed by atoms with van der Waals surface area (Å²) in [5.41, 5.74) is 5.54. The molecule has 0 atom stereocenters. The molecule has 0 saturated carbocycles. The minimum absolute atomic E-state index is 0.452. The van der Waals surface area contributed by atoms with Gasteiger partial charge < -0.3 is 10.3 Å². The Labute approximate surface area is 93.2 Å². The highest BCUT2D eigenvalue weighted by Gasteiger charge is 2.09. The SMILES string of the molecule is CCCCCCCc1onc(N)c1Br. The molecule has 0 amide bonds. The lowest BCUT2D eigenvalue weighted by atomic mass is 10.1. The molecule has 0 saturated heterocycles. The molecule has 0 radical (unpaired) electrons. The molecule has 1 rings (SSSR count). The van der Waals surface area contributed by atoms with Gasteiger partial charge in [0.25, 0.3) is 0 Å². The molecule has 2 N–H and O–H groups in total. The lowest BCUT2D eigenvalue weighted by molar-refractivity contribution is 0.380. The lowest BCUT2D eigenvalue weighted by Crippen LogP contribution is -1.86. The van der Waals surface area contributed by atoms with Crippen molar-refractivity contribution in [1.82, 2.24) is 5.16 Å². The van der Waals surface area contributed by atoms with Crippen molar-refractivity contribution in [2.24, 2.45) is 0 Å². The van der Waals surface area contributed by atoms with Gasteiger partial charge in [0.1, 0.15) is 4.47 Å². The van der Waals surface area contributed by atoms with Crippen molar-refractivity contribution in [3.8, 4) is 0 Å². The van der Waals surface area contributed by atoms with E-state index in [0.29, 0.717) is 5.82 Å². The van der Waals surface area contributed by atoms with Crippen molar-refractivity contribution in [1.29, 1.82) is 0 Å². The highest BCUT2D eigenvalue weighted by molar-refractivity contribution is 9.10. The number of unbranched alkanes of at least 4 members (excludes halogenated alkanes) is 4. The van der Waals surface area contributed by atoms with Gasteiger partial charge >= 0.3 is 0 Å². The van der Waals surface area contributed by atoms with Crippen molar-refractivity contribution in [2.45, 2.75) is 45.4 Å². The van der Waals surface area contributed by atoms with E-state index in [4.69, 9.17) is 10.3 Å². The van der Waals surface area contributed by atoms with Gasteiger partial charge in [0.05, 0.1) is 0 Å². The van der Waals surface area contributed by atoms with Gasteiger partial charge in [-0.15, -0.1) is 0 Å². The fraction of sp³-hybridized carbons (Fsp3) is 0.700. The Morgan fingerprint density at radius 3 is 2.57 bits per heavy atom. The van der Waals surface area contributed by atoms with Crippen molar-refractivity contribution < 1.29 is 4.52 Å². The van der Waals surface area contributed by atoms with Crippen LogP contribution in [-0.4, -0.2) is 5.16 Å². The summed E-state index contributed by atoms with van der Waals surface area (Å²) in [4.78, 5) is 0. The van der Waals surface area contributed by atoms with Crippen LogP contribution in [0.3, 0.4) is 0 Å². The molecular formula is C10H17BrN2O. The molecule has 0 aliphatic rings. The minimum atomic E-state index is 0.452. The number of anilines is 1. The maximum atomic E-state index is 5.54. The Hall–Kier alpha value is -0.510. The molecule has 0 spiro atoms. The molecule has 0 unspecified atom stereocenters. The molecule has 0 aliphatic heterocycles. The van der Waals surface area contributed by atoms with E-state index < -0.39 is 0 Å². The molecule has 14 heavy (non-hydrogen) atoms. The van der Waals surface area contributed by atoms with Crippen molar-refractivity contribution >= 4 is 21.7 Å². The molecule has 0 aliphatic carbocycles. The first-order valence-electron chi connectivity index (χ1n) is 5.15. The van der Waals surface area contributed by atoms with Crippen molar-refractivity contribution in [3.05, 3.63) is 10.2 Å². The van der Waals surface area contributed by atoms with Crippen LogP contribution in [0.2, 0.25) is 0 Å². The van der Waals surface area contributed by atoms with Gasteiger partial charge in [-0.3, -0.25) is 0 Å². The third kappa shape index (κ3) is 3.33. The largest absolute Gasteiger partial charge is 0.380 e. The summed E-state index contributed by atoms with van der Waals surface area (Å²) in [6.45, 7) is 2.22. The van der Waals surface area contributed by atoms with Gasteiger partial charge in [-0.25, -0.2) is 0 Å². The van der Waals surface area contributed by atoms with E-state index in [1.807, 2.05) is 0 Å². The van der Waals surface area contributed by atoms with Crippen molar-refractivity contribution in [3.63, 3.8) is 0 Å². The van der Waals surface area contributed by atoms with Crippen LogP contribution in [0.25, 0.3) is 0 Å². The fourth-order valence-electron chi connectivity index (χ4n) is 1.37. The van der Waals surface area contributed by atoms with Crippen LogP contribution in [0.5, 0.6) is 0 Å². The lowest BCUT2D eigenvalue weighted by Gasteiger charge is -1.97. The van der Waals surface area contributed by atoms with Gasteiger partial charge in [-0.2, -0.15) is 0 Å². The van der Waals surface area contributed by atoms with Crippen LogP contribution in [-0.2, 0) is 6.42 Å². The quantitative estimate of drug-likeness (QED) is 0.797. The van der Waals surface area contributed by atoms with E-state index >= 15 is 0 Å². The molecular weight excluding hydrogens is 244 g/mol. The van der Waals surface area contributed by atoms with E-state index in [1.54, 1.807) is 0 Å². The highest BCUT2D eigenvalue weighted by atomic mass is 79.9. The Morgan fingerprint density at radius 2 is 2.00 bits per heavy atom. The molecule has 0 aromatic carbocycles. The van der Waals surface area contributed by atoms with Crippen LogP contribution < -0.4 is 5.73 Å². The molecule has 0 fully saturated rings.